The molecular weight excluding hydrogens is 1230 g/mol. The quantitative estimate of drug-likeness (QED) is 0.0476. The first-order valence-corrected chi connectivity index (χ1v) is 34.1. The minimum atomic E-state index is -0.738. The zero-order valence-electron chi connectivity index (χ0n) is 53.9. The van der Waals surface area contributed by atoms with Crippen molar-refractivity contribution in [3.63, 3.8) is 0 Å². The maximum atomic E-state index is 12.8. The van der Waals surface area contributed by atoms with Crippen LogP contribution in [0.4, 0.5) is 21.9 Å². The lowest BCUT2D eigenvalue weighted by molar-refractivity contribution is 0.112. The number of carbonyl (C=O) groups is 2. The van der Waals surface area contributed by atoms with Gasteiger partial charge in [0.15, 0.2) is 17.8 Å². The standard InChI is InChI=1S/C23H18N4O2.C22H20N4O.C13H15NO2.C9H7N3.C5H11N.C3H5ClO2/c28-23-25-22-16(21-24-17-7-1-2-8-18(17)27(21)23)12-14-11-13-5-3-9-26-10-4-6-15(19(13)26)20(14)29-22;23-21-16(22-24-17-7-1-2-8-18(17)25-22)12-14-11-13-5-3-9-26-10-4-6-15(19(13)26)20(14)27-21;15-8-10-7-9-3-1-5-14-6-2-4-11(12(9)14)13(10)16;1-10-6-9-11-7-4-2-3-5-8(7)12-9;1-2-4-6-5-3-1;1-2-6-3(4)5/h1-2,7-8,11-12H,3-6,9-10H2;1-2,7-8,11-12,23H,3-6,9-10H2,(H,24,25);7-8,16H,1-6H2;2-5H,6H2,(H,11,12);6H,1-5H2;2H2,1H3. The lowest BCUT2D eigenvalue weighted by Crippen LogP contribution is -2.34. The number of piperidine rings is 1. The molecule has 13 heterocycles. The van der Waals surface area contributed by atoms with Gasteiger partial charge in [-0.05, 0) is 193 Å². The fourth-order valence-electron chi connectivity index (χ4n) is 15.0. The number of aromatic nitrogens is 7. The second kappa shape index (κ2) is 28.1. The van der Waals surface area contributed by atoms with E-state index < -0.39 is 5.43 Å². The molecule has 0 unspecified atom stereocenters. The number of carbonyl (C=O) groups excluding carboxylic acids is 2. The molecule has 0 bridgehead atoms. The number of phenols is 1. The Bertz CT molecular complexity index is 5030. The van der Waals surface area contributed by atoms with E-state index in [0.717, 1.165) is 182 Å². The average Bonchev–Trinajstić information content (AvgIpc) is 1.27. The molecule has 490 valence electrons. The Kier molecular flexibility index (Phi) is 18.5. The lowest BCUT2D eigenvalue weighted by atomic mass is 9.89. The van der Waals surface area contributed by atoms with Crippen molar-refractivity contribution in [3.05, 3.63) is 175 Å². The van der Waals surface area contributed by atoms with Crippen LogP contribution in [-0.4, -0.2) is 110 Å². The van der Waals surface area contributed by atoms with E-state index in [4.69, 9.17) is 37.4 Å². The van der Waals surface area contributed by atoms with E-state index in [2.05, 4.69) is 78.8 Å². The van der Waals surface area contributed by atoms with Crippen molar-refractivity contribution >= 4 is 112 Å². The van der Waals surface area contributed by atoms with Gasteiger partial charge in [-0.2, -0.15) is 4.98 Å². The highest BCUT2D eigenvalue weighted by Gasteiger charge is 2.31. The van der Waals surface area contributed by atoms with Crippen molar-refractivity contribution in [2.24, 2.45) is 0 Å². The summed E-state index contributed by atoms with van der Waals surface area (Å²) in [6.07, 6.45) is 18.1. The van der Waals surface area contributed by atoms with Gasteiger partial charge in [0.25, 0.3) is 6.54 Å². The first-order chi connectivity index (χ1) is 47.0. The van der Waals surface area contributed by atoms with E-state index >= 15 is 0 Å². The zero-order valence-corrected chi connectivity index (χ0v) is 54.6. The maximum absolute atomic E-state index is 12.8. The monoisotopic (exact) mass is 1310 g/mol. The van der Waals surface area contributed by atoms with Crippen LogP contribution in [0.1, 0.15) is 114 Å². The smallest absolute Gasteiger partial charge is 0.403 e. The molecule has 12 aromatic rings. The van der Waals surface area contributed by atoms with E-state index in [9.17, 15) is 19.5 Å². The van der Waals surface area contributed by atoms with Gasteiger partial charge in [0, 0.05) is 95.4 Å². The molecule has 0 amide bonds. The number of benzene rings is 6. The molecule has 20 nitrogen and oxygen atoms in total. The van der Waals surface area contributed by atoms with Crippen molar-refractivity contribution in [2.75, 3.05) is 73.7 Å². The van der Waals surface area contributed by atoms with Crippen LogP contribution in [0.3, 0.4) is 0 Å². The number of hydrogen-bond acceptors (Lipinski definition) is 16. The Hall–Kier alpha value is -10.1. The molecule has 5 N–H and O–H groups in total. The predicted octanol–water partition coefficient (Wildman–Crippen LogP) is 14.0. The van der Waals surface area contributed by atoms with Crippen LogP contribution in [0.25, 0.3) is 88.0 Å². The van der Waals surface area contributed by atoms with E-state index in [0.29, 0.717) is 41.5 Å². The number of aryl methyl sites for hydroxylation is 5. The number of rotatable bonds is 4. The molecule has 0 saturated carbocycles. The number of aldehydes is 1. The van der Waals surface area contributed by atoms with Crippen LogP contribution in [0.15, 0.2) is 117 Å². The number of halogens is 1. The van der Waals surface area contributed by atoms with E-state index in [1.54, 1.807) is 11.3 Å². The highest BCUT2D eigenvalue weighted by Crippen LogP contribution is 2.44. The molecule has 7 aliphatic heterocycles. The van der Waals surface area contributed by atoms with Gasteiger partial charge in [0.1, 0.15) is 22.7 Å². The Labute approximate surface area is 558 Å². The molecule has 0 spiro atoms. The molecule has 1 saturated heterocycles. The van der Waals surface area contributed by atoms with Gasteiger partial charge >= 0.3 is 11.1 Å². The Morgan fingerprint density at radius 3 is 1.75 bits per heavy atom. The number of phenolic OH excluding ortho intramolecular Hbond substituents is 1. The first-order valence-electron chi connectivity index (χ1n) is 33.7. The summed E-state index contributed by atoms with van der Waals surface area (Å²) >= 11 is 4.72. The number of aromatic amines is 2. The van der Waals surface area contributed by atoms with Gasteiger partial charge in [-0.15, -0.1) is 0 Å². The van der Waals surface area contributed by atoms with Crippen LogP contribution in [0, 0.1) is 12.0 Å². The Morgan fingerprint density at radius 2 is 1.20 bits per heavy atom. The van der Waals surface area contributed by atoms with Gasteiger partial charge in [-0.3, -0.25) is 10.2 Å². The largest absolute Gasteiger partial charge is 0.507 e. The van der Waals surface area contributed by atoms with Crippen molar-refractivity contribution in [1.29, 1.82) is 5.41 Å². The van der Waals surface area contributed by atoms with Crippen LogP contribution in [-0.2, 0) is 49.8 Å². The average molecular weight is 1310 g/mol. The highest BCUT2D eigenvalue weighted by molar-refractivity contribution is 6.61. The zero-order chi connectivity index (χ0) is 65.8. The molecule has 6 aromatic carbocycles. The van der Waals surface area contributed by atoms with Gasteiger partial charge in [-0.25, -0.2) is 35.5 Å². The molecule has 96 heavy (non-hydrogen) atoms. The first kappa shape index (κ1) is 63.3. The number of nitrogens with zero attached hydrogens (tertiary/aromatic N) is 9. The van der Waals surface area contributed by atoms with Crippen molar-refractivity contribution < 1.29 is 28.3 Å². The SMILES string of the molecule is C1CCNCC1.CCOC(=O)Cl.N=c1oc2c3c4c(cc2cc1-c1nc2ccccc2[nH]1)CCCN4CCC3.O=Cc1cc2c3c(c1O)CCCN3CCC2.O=c1nc2oc3c4c5c(cc3cc2c2nc3ccccc3n12)CCCN5CCC4.[C-]#[N+]Cc1nc2ccccc2[nH]1. The maximum Gasteiger partial charge on any atom is 0.403 e. The van der Waals surface area contributed by atoms with E-state index in [1.807, 2.05) is 78.9 Å². The highest BCUT2D eigenvalue weighted by atomic mass is 35.5. The van der Waals surface area contributed by atoms with Crippen LogP contribution in [0.2, 0.25) is 0 Å². The van der Waals surface area contributed by atoms with Gasteiger partial charge in [0.2, 0.25) is 11.3 Å². The number of anilines is 3. The Morgan fingerprint density at radius 1 is 0.656 bits per heavy atom. The summed E-state index contributed by atoms with van der Waals surface area (Å²) in [4.78, 5) is 68.2. The molecule has 0 atom stereocenters. The Balaban J connectivity index is 0.000000108. The van der Waals surface area contributed by atoms with Crippen LogP contribution in [0.5, 0.6) is 5.75 Å². The molecule has 0 radical (unpaired) electrons. The summed E-state index contributed by atoms with van der Waals surface area (Å²) in [5, 5.41) is 24.8. The van der Waals surface area contributed by atoms with E-state index in [1.165, 1.54) is 90.1 Å². The summed E-state index contributed by atoms with van der Waals surface area (Å²) in [5.41, 5.74) is 19.9. The minimum absolute atomic E-state index is 0.172. The summed E-state index contributed by atoms with van der Waals surface area (Å²) < 4.78 is 18.2. The lowest BCUT2D eigenvalue weighted by Gasteiger charge is -2.37. The summed E-state index contributed by atoms with van der Waals surface area (Å²) in [7, 11) is 0. The van der Waals surface area contributed by atoms with Gasteiger partial charge < -0.3 is 53.5 Å². The number of imidazole rings is 3. The fraction of sp³-hybridized carbons (Fsp3) is 0.347. The molecule has 7 aliphatic rings. The van der Waals surface area contributed by atoms with Crippen LogP contribution >= 0.6 is 11.6 Å². The number of H-pyrrole nitrogens is 2. The number of fused-ring (bicyclic) bond motifs is 11. The summed E-state index contributed by atoms with van der Waals surface area (Å²) in [5.74, 6) is 1.64. The van der Waals surface area contributed by atoms with Gasteiger partial charge in [-0.1, -0.05) is 42.8 Å². The minimum Gasteiger partial charge on any atom is -0.507 e. The summed E-state index contributed by atoms with van der Waals surface area (Å²) in [6, 6.07) is 33.9. The predicted molar refractivity (Wildman–Crippen MR) is 377 cm³/mol. The number of aromatic hydroxyl groups is 1. The third-order valence-electron chi connectivity index (χ3n) is 19.1. The van der Waals surface area contributed by atoms with Crippen molar-refractivity contribution in [3.8, 4) is 17.1 Å². The molecule has 0 aliphatic carbocycles. The molecule has 19 rings (SSSR count). The normalized spacial score (nSPS) is 15.7. The van der Waals surface area contributed by atoms with E-state index in [-0.39, 0.29) is 17.0 Å². The van der Waals surface area contributed by atoms with Crippen LogP contribution < -0.4 is 31.3 Å². The second-order valence-electron chi connectivity index (χ2n) is 25.3. The number of ether oxygens (including phenoxy) is 1. The van der Waals surface area contributed by atoms with Gasteiger partial charge in [0.05, 0.1) is 56.2 Å². The molecule has 1 fully saturated rings. The molecular formula is C75H76ClN13O7. The number of nitrogens with one attached hydrogen (secondary N) is 4. The topological polar surface area (TPSA) is 244 Å². The third-order valence-corrected chi connectivity index (χ3v) is 19.2. The summed E-state index contributed by atoms with van der Waals surface area (Å²) in [6.45, 7) is 18.2. The van der Waals surface area contributed by atoms with Crippen molar-refractivity contribution in [2.45, 2.75) is 110 Å². The third kappa shape index (κ3) is 12.7. The fourth-order valence-corrected chi connectivity index (χ4v) is 15.1. The second-order valence-corrected chi connectivity index (χ2v) is 25.6. The molecule has 6 aromatic heterocycles. The number of para-hydroxylation sites is 6. The number of hydrogen-bond donors (Lipinski definition) is 5. The van der Waals surface area contributed by atoms with Crippen molar-refractivity contribution in [1.82, 2.24) is 39.6 Å². The molecule has 21 heteroatoms.